The first-order valence-electron chi connectivity index (χ1n) is 40.3. The summed E-state index contributed by atoms with van der Waals surface area (Å²) in [6.07, 6.45) is 52.9. The highest BCUT2D eigenvalue weighted by molar-refractivity contribution is 7.47. The van der Waals surface area contributed by atoms with Crippen LogP contribution in [0.2, 0.25) is 0 Å². The molecule has 7 atom stereocenters. The Morgan fingerprint density at radius 2 is 0.495 bits per heavy atom. The fourth-order valence-corrected chi connectivity index (χ4v) is 13.4. The SMILES string of the molecule is CCC(C)CCCCCCCCCCCCCCCCCCCCC(=O)OC[C@H](COP(=O)(O)OCC(O)COP(=O)(O)OC[C@@H](COC(=O)CCCCCCCCCCC(C)C)OC(=O)CCCCCCCCC(C)CC)OC(=O)CCCCCCCCCCCCCC(C)C. The molecule has 0 saturated carbocycles. The van der Waals surface area contributed by atoms with Gasteiger partial charge in [0.2, 0.25) is 0 Å². The Balaban J connectivity index is 5.18. The normalized spacial score (nSPS) is 14.6. The van der Waals surface area contributed by atoms with Crippen LogP contribution in [-0.4, -0.2) is 96.7 Å². The van der Waals surface area contributed by atoms with E-state index in [4.69, 9.17) is 37.0 Å². The lowest BCUT2D eigenvalue weighted by Gasteiger charge is -2.21. The molecule has 97 heavy (non-hydrogen) atoms. The van der Waals surface area contributed by atoms with Gasteiger partial charge in [-0.3, -0.25) is 37.3 Å². The minimum absolute atomic E-state index is 0.102. The van der Waals surface area contributed by atoms with Gasteiger partial charge < -0.3 is 33.8 Å². The van der Waals surface area contributed by atoms with Crippen molar-refractivity contribution in [1.29, 1.82) is 0 Å². The van der Waals surface area contributed by atoms with E-state index in [0.29, 0.717) is 25.7 Å². The van der Waals surface area contributed by atoms with Crippen LogP contribution in [0.25, 0.3) is 0 Å². The molecule has 0 radical (unpaired) electrons. The van der Waals surface area contributed by atoms with Gasteiger partial charge in [0.15, 0.2) is 12.2 Å². The minimum atomic E-state index is -4.96. The van der Waals surface area contributed by atoms with Crippen molar-refractivity contribution in [1.82, 2.24) is 0 Å². The van der Waals surface area contributed by atoms with Gasteiger partial charge in [0.1, 0.15) is 19.3 Å². The average Bonchev–Trinajstić information content (AvgIpc) is 1.05. The van der Waals surface area contributed by atoms with Crippen molar-refractivity contribution in [2.75, 3.05) is 39.6 Å². The molecular weight excluding hydrogens is 1270 g/mol. The maximum absolute atomic E-state index is 13.1. The quantitative estimate of drug-likeness (QED) is 0.0222. The zero-order chi connectivity index (χ0) is 71.7. The van der Waals surface area contributed by atoms with Gasteiger partial charge in [0, 0.05) is 25.7 Å². The van der Waals surface area contributed by atoms with Crippen molar-refractivity contribution < 1.29 is 80.2 Å². The first kappa shape index (κ1) is 95.1. The molecule has 0 aromatic rings. The maximum atomic E-state index is 13.1. The van der Waals surface area contributed by atoms with Crippen LogP contribution in [0.4, 0.5) is 0 Å². The molecule has 0 fully saturated rings. The summed E-state index contributed by atoms with van der Waals surface area (Å²) in [5, 5.41) is 10.6. The number of hydrogen-bond acceptors (Lipinski definition) is 15. The van der Waals surface area contributed by atoms with Crippen LogP contribution in [-0.2, 0) is 65.4 Å². The summed E-state index contributed by atoms with van der Waals surface area (Å²) < 4.78 is 68.5. The number of ether oxygens (including phenoxy) is 4. The molecule has 0 aromatic carbocycles. The number of hydrogen-bond donors (Lipinski definition) is 3. The molecule has 0 amide bonds. The zero-order valence-corrected chi connectivity index (χ0v) is 65.5. The topological polar surface area (TPSA) is 237 Å². The van der Waals surface area contributed by atoms with Gasteiger partial charge in [-0.15, -0.1) is 0 Å². The Morgan fingerprint density at radius 1 is 0.289 bits per heavy atom. The fourth-order valence-electron chi connectivity index (χ4n) is 11.8. The highest BCUT2D eigenvalue weighted by atomic mass is 31.2. The largest absolute Gasteiger partial charge is 0.472 e. The molecule has 0 aliphatic heterocycles. The molecule has 17 nitrogen and oxygen atoms in total. The Morgan fingerprint density at radius 3 is 0.732 bits per heavy atom. The standard InChI is InChI=1S/C78H152O17P2/c1-9-70(7)56-48-40-32-25-21-17-15-13-11-12-14-16-18-22-26-33-42-50-58-75(80)88-64-73(94-77(82)60-52-44-35-27-23-19-20-24-30-38-46-54-68(3)4)66-92-96(84,85)90-62-72(79)63-91-97(86,87)93-67-74(95-78(83)61-53-45-37-36-41-49-57-71(8)10-2)65-89-76(81)59-51-43-34-29-28-31-39-47-55-69(5)6/h68-74,79H,9-67H2,1-8H3,(H,84,85)(H,86,87)/t70?,71?,72?,73-,74-/m1/s1. The lowest BCUT2D eigenvalue weighted by Crippen LogP contribution is -2.30. The van der Waals surface area contributed by atoms with Crippen molar-refractivity contribution in [3.05, 3.63) is 0 Å². The Hall–Kier alpha value is -1.94. The van der Waals surface area contributed by atoms with Crippen LogP contribution >= 0.6 is 15.6 Å². The minimum Gasteiger partial charge on any atom is -0.462 e. The first-order valence-corrected chi connectivity index (χ1v) is 43.3. The number of esters is 4. The van der Waals surface area contributed by atoms with Gasteiger partial charge in [0.05, 0.1) is 26.4 Å². The molecule has 0 spiro atoms. The Labute approximate surface area is 594 Å². The van der Waals surface area contributed by atoms with E-state index < -0.39 is 97.5 Å². The predicted molar refractivity (Wildman–Crippen MR) is 395 cm³/mol. The molecule has 5 unspecified atom stereocenters. The van der Waals surface area contributed by atoms with E-state index in [-0.39, 0.29) is 25.7 Å². The third-order valence-corrected chi connectivity index (χ3v) is 20.7. The third-order valence-electron chi connectivity index (χ3n) is 18.8. The summed E-state index contributed by atoms with van der Waals surface area (Å²) in [6.45, 7) is 14.2. The molecular formula is C78H152O17P2. The van der Waals surface area contributed by atoms with Crippen LogP contribution in [0.1, 0.15) is 396 Å². The second-order valence-corrected chi connectivity index (χ2v) is 32.4. The van der Waals surface area contributed by atoms with Crippen LogP contribution in [0, 0.1) is 23.7 Å². The van der Waals surface area contributed by atoms with E-state index in [2.05, 4.69) is 55.4 Å². The van der Waals surface area contributed by atoms with E-state index in [1.54, 1.807) is 0 Å². The molecule has 0 saturated heterocycles. The number of unbranched alkanes of at least 4 members (excludes halogenated alkanes) is 39. The van der Waals surface area contributed by atoms with Gasteiger partial charge in [0.25, 0.3) is 0 Å². The summed E-state index contributed by atoms with van der Waals surface area (Å²) in [7, 11) is -9.91. The van der Waals surface area contributed by atoms with Crippen LogP contribution in [0.5, 0.6) is 0 Å². The molecule has 0 bridgehead atoms. The molecule has 0 aromatic heterocycles. The molecule has 3 N–H and O–H groups in total. The zero-order valence-electron chi connectivity index (χ0n) is 63.7. The average molecular weight is 1420 g/mol. The summed E-state index contributed by atoms with van der Waals surface area (Å²) in [5.41, 5.74) is 0. The van der Waals surface area contributed by atoms with Gasteiger partial charge in [-0.2, -0.15) is 0 Å². The van der Waals surface area contributed by atoms with Gasteiger partial charge >= 0.3 is 39.5 Å². The fraction of sp³-hybridized carbons (Fsp3) is 0.949. The maximum Gasteiger partial charge on any atom is 0.472 e. The summed E-state index contributed by atoms with van der Waals surface area (Å²) >= 11 is 0. The number of aliphatic hydroxyl groups is 1. The van der Waals surface area contributed by atoms with E-state index in [1.807, 2.05) is 0 Å². The molecule has 19 heteroatoms. The van der Waals surface area contributed by atoms with Crippen LogP contribution < -0.4 is 0 Å². The Kier molecular flexibility index (Phi) is 65.9. The molecule has 0 rings (SSSR count). The molecule has 0 aliphatic rings. The lowest BCUT2D eigenvalue weighted by molar-refractivity contribution is -0.161. The number of carbonyl (C=O) groups is 4. The molecule has 576 valence electrons. The monoisotopic (exact) mass is 1420 g/mol. The van der Waals surface area contributed by atoms with Crippen molar-refractivity contribution >= 4 is 39.5 Å². The van der Waals surface area contributed by atoms with Gasteiger partial charge in [-0.25, -0.2) is 9.13 Å². The van der Waals surface area contributed by atoms with Crippen LogP contribution in [0.3, 0.4) is 0 Å². The Bertz CT molecular complexity index is 1910. The van der Waals surface area contributed by atoms with E-state index in [9.17, 15) is 43.2 Å². The number of carbonyl (C=O) groups excluding carboxylic acids is 4. The second kappa shape index (κ2) is 67.2. The molecule has 0 aliphatic carbocycles. The highest BCUT2D eigenvalue weighted by Gasteiger charge is 2.30. The van der Waals surface area contributed by atoms with Crippen molar-refractivity contribution in [3.63, 3.8) is 0 Å². The number of phosphoric ester groups is 2. The summed E-state index contributed by atoms with van der Waals surface area (Å²) in [5.74, 6) is 0.963. The highest BCUT2D eigenvalue weighted by Crippen LogP contribution is 2.45. The number of aliphatic hydroxyl groups excluding tert-OH is 1. The smallest absolute Gasteiger partial charge is 0.462 e. The van der Waals surface area contributed by atoms with Crippen molar-refractivity contribution in [2.24, 2.45) is 23.7 Å². The van der Waals surface area contributed by atoms with Gasteiger partial charge in [-0.05, 0) is 49.4 Å². The van der Waals surface area contributed by atoms with E-state index in [1.165, 1.54) is 199 Å². The summed E-state index contributed by atoms with van der Waals surface area (Å²) in [4.78, 5) is 72.8. The summed E-state index contributed by atoms with van der Waals surface area (Å²) in [6, 6.07) is 0. The number of rotatable bonds is 75. The number of phosphoric acid groups is 2. The molecule has 0 heterocycles. The lowest BCUT2D eigenvalue weighted by atomic mass is 9.99. The van der Waals surface area contributed by atoms with E-state index >= 15 is 0 Å². The second-order valence-electron chi connectivity index (χ2n) is 29.5. The van der Waals surface area contributed by atoms with E-state index in [0.717, 1.165) is 114 Å². The van der Waals surface area contributed by atoms with Crippen molar-refractivity contribution in [2.45, 2.75) is 414 Å². The third kappa shape index (κ3) is 69.5. The predicted octanol–water partition coefficient (Wildman–Crippen LogP) is 22.8. The van der Waals surface area contributed by atoms with Crippen LogP contribution in [0.15, 0.2) is 0 Å². The van der Waals surface area contributed by atoms with Gasteiger partial charge in [-0.1, -0.05) is 344 Å². The van der Waals surface area contributed by atoms with Crippen molar-refractivity contribution in [3.8, 4) is 0 Å². The first-order chi connectivity index (χ1) is 46.7.